The van der Waals surface area contributed by atoms with Gasteiger partial charge in [0.15, 0.2) is 5.82 Å². The number of hydrogen-bond acceptors (Lipinski definition) is 6. The molecule has 0 amide bonds. The number of imidazole rings is 1. The number of H-pyrrole nitrogens is 1. The second-order valence-electron chi connectivity index (χ2n) is 10.4. The fourth-order valence-corrected chi connectivity index (χ4v) is 5.14. The highest BCUT2D eigenvalue weighted by atomic mass is 19.4. The standard InChI is InChI=1S/C25H27F3N8/c1-24(2)9-18(24)13-34-7-8-35(15-20(34)16-10-31-32-11-16)22-5-6-29-23(33-22)19-12-30-21-4-3-17(14-36(19)21)25(26,27)28/h3-6,10-12,14,18,20H,7-9,13,15H2,1-2H3,(H,31,32)/t18-,20?/m0/s1. The minimum Gasteiger partial charge on any atom is -0.353 e. The number of rotatable bonds is 5. The maximum absolute atomic E-state index is 13.3. The molecule has 1 N–H and O–H groups in total. The van der Waals surface area contributed by atoms with Crippen molar-refractivity contribution in [3.8, 4) is 11.5 Å². The maximum atomic E-state index is 13.3. The summed E-state index contributed by atoms with van der Waals surface area (Å²) in [5.74, 6) is 1.77. The van der Waals surface area contributed by atoms with Crippen LogP contribution < -0.4 is 4.90 Å². The van der Waals surface area contributed by atoms with E-state index in [1.807, 2.05) is 18.5 Å². The number of alkyl halides is 3. The Balaban J connectivity index is 1.28. The Labute approximate surface area is 206 Å². The van der Waals surface area contributed by atoms with Crippen LogP contribution in [0, 0.1) is 11.3 Å². The number of aromatic nitrogens is 6. The molecule has 0 radical (unpaired) electrons. The third-order valence-electron chi connectivity index (χ3n) is 7.59. The first-order valence-electron chi connectivity index (χ1n) is 12.0. The molecule has 1 saturated carbocycles. The molecule has 188 valence electrons. The minimum atomic E-state index is -4.45. The van der Waals surface area contributed by atoms with Gasteiger partial charge in [0.2, 0.25) is 0 Å². The van der Waals surface area contributed by atoms with Crippen LogP contribution in [0.25, 0.3) is 17.2 Å². The van der Waals surface area contributed by atoms with Crippen LogP contribution in [-0.4, -0.2) is 60.6 Å². The Hall–Kier alpha value is -3.47. The first kappa shape index (κ1) is 23.0. The molecule has 11 heteroatoms. The zero-order valence-corrected chi connectivity index (χ0v) is 20.1. The van der Waals surface area contributed by atoms with Crippen molar-refractivity contribution in [3.05, 3.63) is 60.3 Å². The minimum absolute atomic E-state index is 0.164. The first-order chi connectivity index (χ1) is 17.2. The number of nitrogens with zero attached hydrogens (tertiary/aromatic N) is 7. The molecule has 4 aromatic heterocycles. The van der Waals surface area contributed by atoms with Crippen LogP contribution in [0.15, 0.2) is 49.2 Å². The second-order valence-corrected chi connectivity index (χ2v) is 10.4. The monoisotopic (exact) mass is 496 g/mol. The predicted molar refractivity (Wildman–Crippen MR) is 128 cm³/mol. The van der Waals surface area contributed by atoms with Crippen LogP contribution in [0.4, 0.5) is 19.0 Å². The van der Waals surface area contributed by atoms with E-state index in [9.17, 15) is 13.2 Å². The molecule has 6 rings (SSSR count). The van der Waals surface area contributed by atoms with Gasteiger partial charge >= 0.3 is 6.18 Å². The van der Waals surface area contributed by atoms with Gasteiger partial charge in [-0.05, 0) is 36.0 Å². The summed E-state index contributed by atoms with van der Waals surface area (Å²) in [5.41, 5.74) is 1.61. The molecule has 0 aromatic carbocycles. The van der Waals surface area contributed by atoms with Crippen LogP contribution in [0.3, 0.4) is 0 Å². The molecule has 36 heavy (non-hydrogen) atoms. The topological polar surface area (TPSA) is 78.2 Å². The van der Waals surface area contributed by atoms with Gasteiger partial charge in [-0.25, -0.2) is 15.0 Å². The van der Waals surface area contributed by atoms with Crippen LogP contribution in [0.2, 0.25) is 0 Å². The first-order valence-corrected chi connectivity index (χ1v) is 12.0. The van der Waals surface area contributed by atoms with Crippen molar-refractivity contribution >= 4 is 11.5 Å². The van der Waals surface area contributed by atoms with Gasteiger partial charge in [0.05, 0.1) is 24.0 Å². The quantitative estimate of drug-likeness (QED) is 0.440. The second kappa shape index (κ2) is 8.29. The lowest BCUT2D eigenvalue weighted by molar-refractivity contribution is -0.137. The molecule has 1 aliphatic heterocycles. The molecular formula is C25H27F3N8. The third kappa shape index (κ3) is 4.21. The molecule has 2 atom stereocenters. The summed E-state index contributed by atoms with van der Waals surface area (Å²) in [6.07, 6.45) is 4.82. The summed E-state index contributed by atoms with van der Waals surface area (Å²) >= 11 is 0. The van der Waals surface area contributed by atoms with Gasteiger partial charge in [0.25, 0.3) is 0 Å². The van der Waals surface area contributed by atoms with Crippen molar-refractivity contribution in [1.29, 1.82) is 0 Å². The third-order valence-corrected chi connectivity index (χ3v) is 7.59. The predicted octanol–water partition coefficient (Wildman–Crippen LogP) is 4.44. The van der Waals surface area contributed by atoms with Crippen molar-refractivity contribution in [2.75, 3.05) is 31.1 Å². The fraction of sp³-hybridized carbons (Fsp3) is 0.440. The van der Waals surface area contributed by atoms with E-state index in [2.05, 4.69) is 43.8 Å². The summed E-state index contributed by atoms with van der Waals surface area (Å²) in [7, 11) is 0. The average molecular weight is 497 g/mol. The summed E-state index contributed by atoms with van der Waals surface area (Å²) in [6, 6.07) is 4.39. The highest BCUT2D eigenvalue weighted by Crippen LogP contribution is 2.52. The number of hydrogen-bond donors (Lipinski definition) is 1. The van der Waals surface area contributed by atoms with E-state index in [0.29, 0.717) is 28.5 Å². The lowest BCUT2D eigenvalue weighted by atomic mass is 10.0. The zero-order valence-electron chi connectivity index (χ0n) is 20.1. The van der Waals surface area contributed by atoms with E-state index < -0.39 is 11.7 Å². The Kier molecular flexibility index (Phi) is 5.29. The number of pyridine rings is 1. The normalized spacial score (nSPS) is 22.3. The molecule has 1 saturated heterocycles. The molecule has 0 bridgehead atoms. The van der Waals surface area contributed by atoms with Gasteiger partial charge in [-0.1, -0.05) is 13.8 Å². The smallest absolute Gasteiger partial charge is 0.353 e. The van der Waals surface area contributed by atoms with Crippen LogP contribution in [0.5, 0.6) is 0 Å². The van der Waals surface area contributed by atoms with Crippen molar-refractivity contribution < 1.29 is 13.2 Å². The Bertz CT molecular complexity index is 1380. The number of nitrogens with one attached hydrogen (secondary N) is 1. The molecule has 5 heterocycles. The van der Waals surface area contributed by atoms with E-state index in [1.54, 1.807) is 6.20 Å². The van der Waals surface area contributed by atoms with Gasteiger partial charge in [-0.15, -0.1) is 0 Å². The van der Waals surface area contributed by atoms with Crippen molar-refractivity contribution in [2.45, 2.75) is 32.5 Å². The lowest BCUT2D eigenvalue weighted by Gasteiger charge is -2.42. The van der Waals surface area contributed by atoms with Gasteiger partial charge in [-0.2, -0.15) is 18.3 Å². The number of fused-ring (bicyclic) bond motifs is 1. The van der Waals surface area contributed by atoms with Crippen LogP contribution in [-0.2, 0) is 6.18 Å². The molecule has 1 unspecified atom stereocenters. The van der Waals surface area contributed by atoms with E-state index in [0.717, 1.165) is 49.8 Å². The van der Waals surface area contributed by atoms with Crippen molar-refractivity contribution in [1.82, 2.24) is 34.4 Å². The summed E-state index contributed by atoms with van der Waals surface area (Å²) in [4.78, 5) is 18.1. The van der Waals surface area contributed by atoms with E-state index in [1.165, 1.54) is 23.1 Å². The number of aromatic amines is 1. The average Bonchev–Trinajstić information content (AvgIpc) is 3.26. The molecule has 2 aliphatic rings. The summed E-state index contributed by atoms with van der Waals surface area (Å²) < 4.78 is 41.3. The zero-order chi connectivity index (χ0) is 25.1. The molecule has 8 nitrogen and oxygen atoms in total. The van der Waals surface area contributed by atoms with Crippen LogP contribution >= 0.6 is 0 Å². The molecule has 0 spiro atoms. The Morgan fingerprint density at radius 1 is 1.11 bits per heavy atom. The van der Waals surface area contributed by atoms with Gasteiger partial charge in [-0.3, -0.25) is 14.4 Å². The largest absolute Gasteiger partial charge is 0.417 e. The summed E-state index contributed by atoms with van der Waals surface area (Å²) in [5, 5.41) is 7.11. The van der Waals surface area contributed by atoms with E-state index in [-0.39, 0.29) is 6.04 Å². The molecule has 2 fully saturated rings. The van der Waals surface area contributed by atoms with E-state index in [4.69, 9.17) is 4.98 Å². The van der Waals surface area contributed by atoms with E-state index >= 15 is 0 Å². The number of anilines is 1. The maximum Gasteiger partial charge on any atom is 0.417 e. The van der Waals surface area contributed by atoms with Crippen LogP contribution in [0.1, 0.15) is 37.4 Å². The highest BCUT2D eigenvalue weighted by molar-refractivity contribution is 5.59. The lowest BCUT2D eigenvalue weighted by Crippen LogP contribution is -2.49. The summed E-state index contributed by atoms with van der Waals surface area (Å²) in [6.45, 7) is 8.10. The Morgan fingerprint density at radius 2 is 1.94 bits per heavy atom. The van der Waals surface area contributed by atoms with Gasteiger partial charge < -0.3 is 4.90 Å². The van der Waals surface area contributed by atoms with Crippen molar-refractivity contribution in [2.24, 2.45) is 11.3 Å². The molecular weight excluding hydrogens is 469 g/mol. The Morgan fingerprint density at radius 3 is 2.67 bits per heavy atom. The number of halogens is 3. The van der Waals surface area contributed by atoms with Gasteiger partial charge in [0, 0.05) is 50.3 Å². The van der Waals surface area contributed by atoms with Gasteiger partial charge in [0.1, 0.15) is 17.2 Å². The molecule has 4 aromatic rings. The fourth-order valence-electron chi connectivity index (χ4n) is 5.14. The highest BCUT2D eigenvalue weighted by Gasteiger charge is 2.47. The SMILES string of the molecule is CC1(C)C[C@H]1CN1CCN(c2ccnc(-c3cnc4ccc(C(F)(F)F)cn34)n2)CC1c1cn[nH]c1. The number of piperazine rings is 1. The van der Waals surface area contributed by atoms with Crippen molar-refractivity contribution in [3.63, 3.8) is 0 Å². The molecule has 1 aliphatic carbocycles.